The van der Waals surface area contributed by atoms with Crippen LogP contribution in [-0.4, -0.2) is 29.0 Å². The number of thioether (sulfide) groups is 1. The summed E-state index contributed by atoms with van der Waals surface area (Å²) in [5, 5.41) is 7.79. The van der Waals surface area contributed by atoms with Gasteiger partial charge in [0.05, 0.1) is 18.3 Å². The first-order valence-electron chi connectivity index (χ1n) is 5.04. The molecule has 16 heavy (non-hydrogen) atoms. The van der Waals surface area contributed by atoms with E-state index in [1.54, 1.807) is 18.7 Å². The molecule has 0 saturated heterocycles. The Morgan fingerprint density at radius 2 is 2.19 bits per heavy atom. The van der Waals surface area contributed by atoms with Gasteiger partial charge in [0.1, 0.15) is 0 Å². The lowest BCUT2D eigenvalue weighted by Crippen LogP contribution is -2.15. The number of rotatable bonds is 5. The normalized spacial score (nSPS) is 14.5. The molecule has 0 fully saturated rings. The summed E-state index contributed by atoms with van der Waals surface area (Å²) < 4.78 is 9.96. The highest BCUT2D eigenvalue weighted by atomic mass is 32.2. The van der Waals surface area contributed by atoms with Crippen molar-refractivity contribution < 1.29 is 13.9 Å². The third-order valence-corrected chi connectivity index (χ3v) is 3.48. The molecule has 0 bridgehead atoms. The molecule has 0 unspecified atom stereocenters. The van der Waals surface area contributed by atoms with Crippen LogP contribution >= 0.6 is 11.8 Å². The molecule has 1 heterocycles. The van der Waals surface area contributed by atoms with E-state index in [1.165, 1.54) is 7.11 Å². The molecular formula is C10H16N2O3S. The van der Waals surface area contributed by atoms with Crippen LogP contribution in [-0.2, 0) is 9.53 Å². The second kappa shape index (κ2) is 5.89. The quantitative estimate of drug-likeness (QED) is 0.738. The lowest BCUT2D eigenvalue weighted by molar-refractivity contribution is -0.143. The second-order valence-electron chi connectivity index (χ2n) is 3.56. The average Bonchev–Trinajstić information content (AvgIpc) is 2.71. The Morgan fingerprint density at radius 1 is 1.50 bits per heavy atom. The molecule has 0 aromatic carbocycles. The van der Waals surface area contributed by atoms with Gasteiger partial charge in [-0.25, -0.2) is 0 Å². The fourth-order valence-corrected chi connectivity index (χ4v) is 2.06. The van der Waals surface area contributed by atoms with Crippen molar-refractivity contribution in [1.29, 1.82) is 0 Å². The second-order valence-corrected chi connectivity index (χ2v) is 4.93. The molecule has 0 aliphatic heterocycles. The van der Waals surface area contributed by atoms with E-state index in [2.05, 4.69) is 14.9 Å². The van der Waals surface area contributed by atoms with E-state index in [4.69, 9.17) is 4.42 Å². The summed E-state index contributed by atoms with van der Waals surface area (Å²) in [6.07, 6.45) is 0. The standard InChI is InChI=1S/C10H16N2O3S/c1-6(10(13)14-4)5-16-7(2)9-12-11-8(3)15-9/h6-7H,5H2,1-4H3/t6-,7-/m0/s1. The van der Waals surface area contributed by atoms with Gasteiger partial charge in [0, 0.05) is 12.7 Å². The zero-order valence-corrected chi connectivity index (χ0v) is 10.7. The lowest BCUT2D eigenvalue weighted by Gasteiger charge is -2.10. The summed E-state index contributed by atoms with van der Waals surface area (Å²) in [7, 11) is 1.40. The highest BCUT2D eigenvalue weighted by molar-refractivity contribution is 7.99. The van der Waals surface area contributed by atoms with Crippen molar-refractivity contribution in [2.45, 2.75) is 26.0 Å². The molecule has 0 saturated carbocycles. The maximum absolute atomic E-state index is 11.2. The highest BCUT2D eigenvalue weighted by Gasteiger charge is 2.18. The fraction of sp³-hybridized carbons (Fsp3) is 0.700. The van der Waals surface area contributed by atoms with Crippen LogP contribution in [0.3, 0.4) is 0 Å². The van der Waals surface area contributed by atoms with Crippen LogP contribution in [0.1, 0.15) is 30.9 Å². The van der Waals surface area contributed by atoms with Crippen molar-refractivity contribution in [3.63, 3.8) is 0 Å². The van der Waals surface area contributed by atoms with Crippen LogP contribution in [0.25, 0.3) is 0 Å². The molecule has 5 nitrogen and oxygen atoms in total. The third kappa shape index (κ3) is 3.52. The SMILES string of the molecule is COC(=O)[C@@H](C)CS[C@@H](C)c1nnc(C)o1. The van der Waals surface area contributed by atoms with Gasteiger partial charge in [0.25, 0.3) is 0 Å². The number of hydrogen-bond acceptors (Lipinski definition) is 6. The smallest absolute Gasteiger partial charge is 0.309 e. The van der Waals surface area contributed by atoms with Crippen LogP contribution < -0.4 is 0 Å². The predicted octanol–water partition coefficient (Wildman–Crippen LogP) is 1.98. The van der Waals surface area contributed by atoms with E-state index in [1.807, 2.05) is 13.8 Å². The van der Waals surface area contributed by atoms with E-state index in [0.717, 1.165) is 0 Å². The van der Waals surface area contributed by atoms with Crippen LogP contribution in [0.4, 0.5) is 0 Å². The summed E-state index contributed by atoms with van der Waals surface area (Å²) in [6.45, 7) is 5.57. The molecule has 0 N–H and O–H groups in total. The van der Waals surface area contributed by atoms with Gasteiger partial charge in [0.2, 0.25) is 11.8 Å². The molecule has 90 valence electrons. The minimum absolute atomic E-state index is 0.0910. The number of carbonyl (C=O) groups excluding carboxylic acids is 1. The van der Waals surface area contributed by atoms with E-state index in [9.17, 15) is 4.79 Å². The van der Waals surface area contributed by atoms with Gasteiger partial charge in [-0.15, -0.1) is 22.0 Å². The maximum Gasteiger partial charge on any atom is 0.309 e. The summed E-state index contributed by atoms with van der Waals surface area (Å²) in [6, 6.07) is 0. The third-order valence-electron chi connectivity index (χ3n) is 2.09. The molecule has 1 aromatic rings. The number of hydrogen-bond donors (Lipinski definition) is 0. The van der Waals surface area contributed by atoms with Crippen LogP contribution in [0, 0.1) is 12.8 Å². The van der Waals surface area contributed by atoms with Crippen LogP contribution in [0.5, 0.6) is 0 Å². The first-order valence-corrected chi connectivity index (χ1v) is 6.09. The summed E-state index contributed by atoms with van der Waals surface area (Å²) in [4.78, 5) is 11.2. The molecule has 6 heteroatoms. The maximum atomic E-state index is 11.2. The summed E-state index contributed by atoms with van der Waals surface area (Å²) in [5.41, 5.74) is 0. The number of methoxy groups -OCH3 is 1. The number of nitrogens with zero attached hydrogens (tertiary/aromatic N) is 2. The number of ether oxygens (including phenoxy) is 1. The molecular weight excluding hydrogens is 228 g/mol. The zero-order chi connectivity index (χ0) is 12.1. The topological polar surface area (TPSA) is 65.2 Å². The Hall–Kier alpha value is -1.04. The van der Waals surface area contributed by atoms with Gasteiger partial charge in [-0.1, -0.05) is 6.92 Å². The minimum Gasteiger partial charge on any atom is -0.469 e. The van der Waals surface area contributed by atoms with Gasteiger partial charge in [-0.05, 0) is 6.92 Å². The van der Waals surface area contributed by atoms with E-state index in [0.29, 0.717) is 17.5 Å². The summed E-state index contributed by atoms with van der Waals surface area (Å²) in [5.74, 6) is 1.51. The molecule has 1 rings (SSSR count). The minimum atomic E-state index is -0.193. The van der Waals surface area contributed by atoms with Crippen molar-refractivity contribution in [2.24, 2.45) is 5.92 Å². The number of esters is 1. The molecule has 0 aliphatic carbocycles. The Balaban J connectivity index is 2.41. The van der Waals surface area contributed by atoms with Gasteiger partial charge in [-0.2, -0.15) is 0 Å². The van der Waals surface area contributed by atoms with Crippen molar-refractivity contribution in [3.8, 4) is 0 Å². The lowest BCUT2D eigenvalue weighted by atomic mass is 10.2. The Kier molecular flexibility index (Phi) is 4.79. The van der Waals surface area contributed by atoms with E-state index in [-0.39, 0.29) is 17.1 Å². The van der Waals surface area contributed by atoms with E-state index < -0.39 is 0 Å². The predicted molar refractivity (Wildman–Crippen MR) is 61.1 cm³/mol. The monoisotopic (exact) mass is 244 g/mol. The van der Waals surface area contributed by atoms with Gasteiger partial charge in [0.15, 0.2) is 0 Å². The molecule has 0 amide bonds. The fourth-order valence-electron chi connectivity index (χ4n) is 1.11. The van der Waals surface area contributed by atoms with Crippen molar-refractivity contribution >= 4 is 17.7 Å². The number of aromatic nitrogens is 2. The van der Waals surface area contributed by atoms with Crippen LogP contribution in [0.15, 0.2) is 4.42 Å². The van der Waals surface area contributed by atoms with Gasteiger partial charge < -0.3 is 9.15 Å². The Labute approximate surface area is 99.0 Å². The van der Waals surface area contributed by atoms with E-state index >= 15 is 0 Å². The molecule has 0 radical (unpaired) electrons. The number of carbonyl (C=O) groups is 1. The first-order chi connectivity index (χ1) is 7.54. The van der Waals surface area contributed by atoms with Crippen LogP contribution in [0.2, 0.25) is 0 Å². The van der Waals surface area contributed by atoms with Gasteiger partial charge >= 0.3 is 5.97 Å². The van der Waals surface area contributed by atoms with Crippen molar-refractivity contribution in [2.75, 3.05) is 12.9 Å². The largest absolute Gasteiger partial charge is 0.469 e. The zero-order valence-electron chi connectivity index (χ0n) is 9.89. The average molecular weight is 244 g/mol. The summed E-state index contributed by atoms with van der Waals surface area (Å²) >= 11 is 1.60. The number of aryl methyl sites for hydroxylation is 1. The molecule has 0 aliphatic rings. The van der Waals surface area contributed by atoms with Gasteiger partial charge in [-0.3, -0.25) is 4.79 Å². The molecule has 0 spiro atoms. The van der Waals surface area contributed by atoms with Crippen molar-refractivity contribution in [1.82, 2.24) is 10.2 Å². The Morgan fingerprint density at radius 3 is 2.69 bits per heavy atom. The Bertz CT molecular complexity index is 354. The molecule has 1 aromatic heterocycles. The first kappa shape index (κ1) is 13.0. The van der Waals surface area contributed by atoms with Crippen molar-refractivity contribution in [3.05, 3.63) is 11.8 Å². The molecule has 2 atom stereocenters. The highest BCUT2D eigenvalue weighted by Crippen LogP contribution is 2.28.